The lowest BCUT2D eigenvalue weighted by molar-refractivity contribution is 0.541. The molecule has 0 saturated carbocycles. The molecule has 1 aromatic rings. The van der Waals surface area contributed by atoms with Crippen molar-refractivity contribution < 1.29 is 0 Å². The molecule has 0 aliphatic rings. The molecule has 0 bridgehead atoms. The normalized spacial score (nSPS) is 13.3. The second kappa shape index (κ2) is 3.36. The Morgan fingerprint density at radius 1 is 1.82 bits per heavy atom. The van der Waals surface area contributed by atoms with Crippen molar-refractivity contribution in [1.29, 1.82) is 0 Å². The number of nitrogens with two attached hydrogens (primary N) is 2. The minimum atomic E-state index is 0.0914. The minimum Gasteiger partial charge on any atom is -0.384 e. The van der Waals surface area contributed by atoms with Crippen LogP contribution in [0.5, 0.6) is 0 Å². The van der Waals surface area contributed by atoms with Crippen LogP contribution in [0.3, 0.4) is 0 Å². The van der Waals surface area contributed by atoms with E-state index in [0.29, 0.717) is 5.82 Å². The van der Waals surface area contributed by atoms with E-state index in [1.165, 1.54) is 0 Å². The molecular formula is C6H13N5. The van der Waals surface area contributed by atoms with Crippen molar-refractivity contribution in [3.63, 3.8) is 0 Å². The smallest absolute Gasteiger partial charge is 0.123 e. The molecule has 0 fully saturated rings. The molecule has 0 amide bonds. The molecule has 1 rings (SSSR count). The van der Waals surface area contributed by atoms with Crippen LogP contribution in [-0.4, -0.2) is 10.2 Å². The van der Waals surface area contributed by atoms with Gasteiger partial charge in [0, 0.05) is 5.56 Å². The quantitative estimate of drug-likeness (QED) is 0.362. The summed E-state index contributed by atoms with van der Waals surface area (Å²) in [4.78, 5) is 0. The Balaban J connectivity index is 2.81. The van der Waals surface area contributed by atoms with Crippen LogP contribution < -0.4 is 17.0 Å². The fraction of sp³-hybridized carbons (Fsp3) is 0.500. The lowest BCUT2D eigenvalue weighted by Crippen LogP contribution is -2.27. The van der Waals surface area contributed by atoms with Crippen molar-refractivity contribution >= 4 is 5.82 Å². The highest BCUT2D eigenvalue weighted by molar-refractivity contribution is 5.39. The van der Waals surface area contributed by atoms with E-state index >= 15 is 0 Å². The molecule has 0 radical (unpaired) electrons. The van der Waals surface area contributed by atoms with E-state index in [1.54, 1.807) is 6.20 Å². The van der Waals surface area contributed by atoms with Gasteiger partial charge in [-0.25, -0.2) is 0 Å². The molecular weight excluding hydrogens is 142 g/mol. The van der Waals surface area contributed by atoms with Crippen LogP contribution in [0.2, 0.25) is 0 Å². The van der Waals surface area contributed by atoms with Crippen molar-refractivity contribution in [2.45, 2.75) is 19.4 Å². The number of anilines is 1. The van der Waals surface area contributed by atoms with Crippen molar-refractivity contribution in [3.8, 4) is 0 Å². The molecule has 5 heteroatoms. The highest BCUT2D eigenvalue weighted by Gasteiger charge is 2.11. The summed E-state index contributed by atoms with van der Waals surface area (Å²) >= 11 is 0. The zero-order valence-electron chi connectivity index (χ0n) is 6.46. The monoisotopic (exact) mass is 155 g/mol. The third-order valence-corrected chi connectivity index (χ3v) is 1.68. The predicted octanol–water partition coefficient (Wildman–Crippen LogP) is -0.0937. The van der Waals surface area contributed by atoms with Gasteiger partial charge in [-0.1, -0.05) is 6.92 Å². The van der Waals surface area contributed by atoms with Gasteiger partial charge in [-0.2, -0.15) is 5.10 Å². The summed E-state index contributed by atoms with van der Waals surface area (Å²) in [5.41, 5.74) is 9.16. The summed E-state index contributed by atoms with van der Waals surface area (Å²) < 4.78 is 0. The molecule has 62 valence electrons. The summed E-state index contributed by atoms with van der Waals surface area (Å²) in [6, 6.07) is 0.0914. The fourth-order valence-corrected chi connectivity index (χ4v) is 1.01. The lowest BCUT2D eigenvalue weighted by atomic mass is 10.1. The molecule has 1 unspecified atom stereocenters. The molecule has 11 heavy (non-hydrogen) atoms. The molecule has 5 nitrogen and oxygen atoms in total. The maximum Gasteiger partial charge on any atom is 0.123 e. The number of hydrazine groups is 1. The Kier molecular flexibility index (Phi) is 2.45. The van der Waals surface area contributed by atoms with Gasteiger partial charge < -0.3 is 5.73 Å². The van der Waals surface area contributed by atoms with Crippen molar-refractivity contribution in [2.75, 3.05) is 5.73 Å². The Morgan fingerprint density at radius 3 is 2.91 bits per heavy atom. The number of H-pyrrole nitrogens is 1. The standard InChI is InChI=1S/C6H13N5/c1-2-5(10-8)4-3-9-11-6(4)7/h3,5,10H,2,8H2,1H3,(H3,7,9,11). The van der Waals surface area contributed by atoms with E-state index in [-0.39, 0.29) is 6.04 Å². The van der Waals surface area contributed by atoms with Gasteiger partial charge in [-0.3, -0.25) is 16.4 Å². The van der Waals surface area contributed by atoms with Crippen LogP contribution in [0.15, 0.2) is 6.20 Å². The first-order chi connectivity index (χ1) is 5.29. The van der Waals surface area contributed by atoms with Crippen LogP contribution in [0.4, 0.5) is 5.82 Å². The van der Waals surface area contributed by atoms with Gasteiger partial charge in [-0.15, -0.1) is 0 Å². The minimum absolute atomic E-state index is 0.0914. The lowest BCUT2D eigenvalue weighted by Gasteiger charge is -2.11. The molecule has 1 atom stereocenters. The summed E-state index contributed by atoms with van der Waals surface area (Å²) in [7, 11) is 0. The van der Waals surface area contributed by atoms with Gasteiger partial charge in [0.2, 0.25) is 0 Å². The molecule has 0 saturated heterocycles. The molecule has 1 aromatic heterocycles. The highest BCUT2D eigenvalue weighted by Crippen LogP contribution is 2.18. The molecule has 6 N–H and O–H groups in total. The van der Waals surface area contributed by atoms with Gasteiger partial charge in [0.15, 0.2) is 0 Å². The summed E-state index contributed by atoms with van der Waals surface area (Å²) in [6.45, 7) is 2.02. The van der Waals surface area contributed by atoms with E-state index in [9.17, 15) is 0 Å². The van der Waals surface area contributed by atoms with Gasteiger partial charge in [0.05, 0.1) is 12.2 Å². The predicted molar refractivity (Wildman–Crippen MR) is 43.4 cm³/mol. The average molecular weight is 155 g/mol. The van der Waals surface area contributed by atoms with E-state index in [0.717, 1.165) is 12.0 Å². The Hall–Kier alpha value is -1.07. The number of nitrogens with one attached hydrogen (secondary N) is 2. The highest BCUT2D eigenvalue weighted by atomic mass is 15.2. The van der Waals surface area contributed by atoms with E-state index in [2.05, 4.69) is 15.6 Å². The number of hydrogen-bond donors (Lipinski definition) is 4. The summed E-state index contributed by atoms with van der Waals surface area (Å²) in [5, 5.41) is 6.44. The van der Waals surface area contributed by atoms with Gasteiger partial charge in [0.1, 0.15) is 5.82 Å². The number of aromatic nitrogens is 2. The second-order valence-corrected chi connectivity index (χ2v) is 2.37. The SMILES string of the molecule is CCC(NN)c1cn[nH]c1N. The zero-order chi connectivity index (χ0) is 8.27. The first-order valence-electron chi connectivity index (χ1n) is 3.54. The largest absolute Gasteiger partial charge is 0.384 e. The van der Waals surface area contributed by atoms with E-state index < -0.39 is 0 Å². The Bertz CT molecular complexity index is 215. The molecule has 0 aromatic carbocycles. The third kappa shape index (κ3) is 1.50. The van der Waals surface area contributed by atoms with Crippen LogP contribution in [-0.2, 0) is 0 Å². The molecule has 0 aliphatic heterocycles. The number of nitrogen functional groups attached to an aromatic ring is 1. The molecule has 0 aliphatic carbocycles. The van der Waals surface area contributed by atoms with Gasteiger partial charge >= 0.3 is 0 Å². The average Bonchev–Trinajstić information content (AvgIpc) is 2.40. The maximum atomic E-state index is 5.58. The Labute approximate surface area is 65.1 Å². The van der Waals surface area contributed by atoms with Crippen molar-refractivity contribution in [1.82, 2.24) is 15.6 Å². The molecule has 0 spiro atoms. The first kappa shape index (κ1) is 8.03. The topological polar surface area (TPSA) is 92.7 Å². The summed E-state index contributed by atoms with van der Waals surface area (Å²) in [6.07, 6.45) is 2.57. The third-order valence-electron chi connectivity index (χ3n) is 1.68. The van der Waals surface area contributed by atoms with E-state index in [1.807, 2.05) is 6.92 Å². The van der Waals surface area contributed by atoms with Crippen LogP contribution >= 0.6 is 0 Å². The van der Waals surface area contributed by atoms with Crippen LogP contribution in [0.1, 0.15) is 24.9 Å². The van der Waals surface area contributed by atoms with Gasteiger partial charge in [0.25, 0.3) is 0 Å². The van der Waals surface area contributed by atoms with Crippen LogP contribution in [0.25, 0.3) is 0 Å². The first-order valence-corrected chi connectivity index (χ1v) is 3.54. The van der Waals surface area contributed by atoms with Crippen LogP contribution in [0, 0.1) is 0 Å². The fourth-order valence-electron chi connectivity index (χ4n) is 1.01. The number of hydrogen-bond acceptors (Lipinski definition) is 4. The van der Waals surface area contributed by atoms with Crippen molar-refractivity contribution in [3.05, 3.63) is 11.8 Å². The number of aromatic amines is 1. The van der Waals surface area contributed by atoms with E-state index in [4.69, 9.17) is 11.6 Å². The zero-order valence-corrected chi connectivity index (χ0v) is 6.46. The summed E-state index contributed by atoms with van der Waals surface area (Å²) in [5.74, 6) is 5.87. The molecule has 1 heterocycles. The maximum absolute atomic E-state index is 5.58. The number of rotatable bonds is 3. The Morgan fingerprint density at radius 2 is 2.55 bits per heavy atom. The second-order valence-electron chi connectivity index (χ2n) is 2.37. The number of nitrogens with zero attached hydrogens (tertiary/aromatic N) is 1. The van der Waals surface area contributed by atoms with Crippen molar-refractivity contribution in [2.24, 2.45) is 5.84 Å². The van der Waals surface area contributed by atoms with Gasteiger partial charge in [-0.05, 0) is 6.42 Å².